The second-order valence-electron chi connectivity index (χ2n) is 6.27. The van der Waals surface area contributed by atoms with E-state index in [0.717, 1.165) is 18.4 Å². The van der Waals surface area contributed by atoms with Gasteiger partial charge in [0.2, 0.25) is 0 Å². The van der Waals surface area contributed by atoms with E-state index in [1.807, 2.05) is 24.3 Å². The molecule has 27 heavy (non-hydrogen) atoms. The topological polar surface area (TPSA) is 89.0 Å². The normalized spacial score (nSPS) is 16.3. The minimum Gasteiger partial charge on any atom is -0.496 e. The SMILES string of the molecule is COc1ccccc1-c1nc(C(=O)N(CCC(=O)O)C[C@@H]2CCCO2)cs1. The molecule has 1 aliphatic rings. The van der Waals surface area contributed by atoms with Crippen molar-refractivity contribution in [3.8, 4) is 16.3 Å². The van der Waals surface area contributed by atoms with Crippen molar-refractivity contribution in [1.82, 2.24) is 9.88 Å². The molecule has 0 aliphatic carbocycles. The summed E-state index contributed by atoms with van der Waals surface area (Å²) in [6.07, 6.45) is 1.68. The summed E-state index contributed by atoms with van der Waals surface area (Å²) in [7, 11) is 1.59. The fraction of sp³-hybridized carbons (Fsp3) is 0.421. The lowest BCUT2D eigenvalue weighted by molar-refractivity contribution is -0.137. The largest absolute Gasteiger partial charge is 0.496 e. The molecule has 1 amide bonds. The number of methoxy groups -OCH3 is 1. The van der Waals surface area contributed by atoms with Crippen LogP contribution in [0.2, 0.25) is 0 Å². The maximum Gasteiger partial charge on any atom is 0.305 e. The molecule has 1 aromatic carbocycles. The maximum atomic E-state index is 12.9. The van der Waals surface area contributed by atoms with E-state index in [4.69, 9.17) is 14.6 Å². The van der Waals surface area contributed by atoms with E-state index >= 15 is 0 Å². The van der Waals surface area contributed by atoms with Crippen LogP contribution in [0.1, 0.15) is 29.8 Å². The van der Waals surface area contributed by atoms with Crippen LogP contribution in [0, 0.1) is 0 Å². The van der Waals surface area contributed by atoms with E-state index in [0.29, 0.717) is 29.6 Å². The van der Waals surface area contributed by atoms with Crippen molar-refractivity contribution in [2.75, 3.05) is 26.8 Å². The lowest BCUT2D eigenvalue weighted by Gasteiger charge is -2.24. The summed E-state index contributed by atoms with van der Waals surface area (Å²) in [4.78, 5) is 29.9. The summed E-state index contributed by atoms with van der Waals surface area (Å²) in [5, 5.41) is 11.4. The van der Waals surface area contributed by atoms with Crippen molar-refractivity contribution in [2.45, 2.75) is 25.4 Å². The number of nitrogens with zero attached hydrogens (tertiary/aromatic N) is 2. The molecule has 2 aromatic rings. The number of hydrogen-bond acceptors (Lipinski definition) is 6. The molecule has 1 aromatic heterocycles. The Bertz CT molecular complexity index is 801. The van der Waals surface area contributed by atoms with Crippen molar-refractivity contribution < 1.29 is 24.2 Å². The zero-order valence-corrected chi connectivity index (χ0v) is 15.9. The third-order valence-corrected chi connectivity index (χ3v) is 5.27. The van der Waals surface area contributed by atoms with Crippen LogP contribution in [0.3, 0.4) is 0 Å². The number of thiazole rings is 1. The van der Waals surface area contributed by atoms with Gasteiger partial charge in [0, 0.05) is 25.1 Å². The summed E-state index contributed by atoms with van der Waals surface area (Å²) >= 11 is 1.36. The molecule has 1 atom stereocenters. The summed E-state index contributed by atoms with van der Waals surface area (Å²) in [6, 6.07) is 7.49. The quantitative estimate of drug-likeness (QED) is 0.746. The Morgan fingerprint density at radius 2 is 2.22 bits per heavy atom. The minimum atomic E-state index is -0.937. The number of carboxylic acid groups (broad SMARTS) is 1. The second-order valence-corrected chi connectivity index (χ2v) is 7.13. The molecule has 1 fully saturated rings. The molecular weight excluding hydrogens is 368 g/mol. The van der Waals surface area contributed by atoms with Gasteiger partial charge in [0.15, 0.2) is 0 Å². The van der Waals surface area contributed by atoms with Crippen molar-refractivity contribution in [2.24, 2.45) is 0 Å². The van der Waals surface area contributed by atoms with Crippen LogP contribution >= 0.6 is 11.3 Å². The molecule has 0 spiro atoms. The molecule has 0 saturated carbocycles. The first-order chi connectivity index (χ1) is 13.1. The van der Waals surface area contributed by atoms with Gasteiger partial charge in [-0.3, -0.25) is 9.59 Å². The zero-order chi connectivity index (χ0) is 19.2. The Labute approximate surface area is 161 Å². The van der Waals surface area contributed by atoms with Crippen LogP contribution < -0.4 is 4.74 Å². The van der Waals surface area contributed by atoms with Gasteiger partial charge >= 0.3 is 5.97 Å². The highest BCUT2D eigenvalue weighted by atomic mass is 32.1. The van der Waals surface area contributed by atoms with Gasteiger partial charge in [-0.2, -0.15) is 0 Å². The highest BCUT2D eigenvalue weighted by molar-refractivity contribution is 7.13. The highest BCUT2D eigenvalue weighted by Crippen LogP contribution is 2.32. The summed E-state index contributed by atoms with van der Waals surface area (Å²) in [5.74, 6) is -0.523. The fourth-order valence-electron chi connectivity index (χ4n) is 3.02. The number of aromatic nitrogens is 1. The van der Waals surface area contributed by atoms with Crippen LogP contribution in [0.5, 0.6) is 5.75 Å². The van der Waals surface area contributed by atoms with Crippen LogP contribution in [0.15, 0.2) is 29.6 Å². The van der Waals surface area contributed by atoms with E-state index in [2.05, 4.69) is 4.98 Å². The van der Waals surface area contributed by atoms with Gasteiger partial charge in [0.25, 0.3) is 5.91 Å². The average molecular weight is 390 g/mol. The van der Waals surface area contributed by atoms with Crippen LogP contribution in [0.4, 0.5) is 0 Å². The number of rotatable bonds is 8. The highest BCUT2D eigenvalue weighted by Gasteiger charge is 2.25. The van der Waals surface area contributed by atoms with E-state index in [-0.39, 0.29) is 25.0 Å². The van der Waals surface area contributed by atoms with Gasteiger partial charge in [0.05, 0.1) is 25.2 Å². The molecule has 2 heterocycles. The Morgan fingerprint density at radius 3 is 2.93 bits per heavy atom. The van der Waals surface area contributed by atoms with E-state index < -0.39 is 5.97 Å². The van der Waals surface area contributed by atoms with Gasteiger partial charge in [-0.25, -0.2) is 4.98 Å². The van der Waals surface area contributed by atoms with Gasteiger partial charge in [0.1, 0.15) is 16.5 Å². The van der Waals surface area contributed by atoms with Crippen molar-refractivity contribution >= 4 is 23.2 Å². The summed E-state index contributed by atoms with van der Waals surface area (Å²) < 4.78 is 11.0. The van der Waals surface area contributed by atoms with Gasteiger partial charge in [-0.15, -0.1) is 11.3 Å². The summed E-state index contributed by atoms with van der Waals surface area (Å²) in [5.41, 5.74) is 1.13. The summed E-state index contributed by atoms with van der Waals surface area (Å²) in [6.45, 7) is 1.20. The molecule has 1 aliphatic heterocycles. The number of ether oxygens (including phenoxy) is 2. The van der Waals surface area contributed by atoms with E-state index in [1.165, 1.54) is 16.2 Å². The third-order valence-electron chi connectivity index (χ3n) is 4.39. The predicted molar refractivity (Wildman–Crippen MR) is 101 cm³/mol. The monoisotopic (exact) mass is 390 g/mol. The lowest BCUT2D eigenvalue weighted by atomic mass is 10.2. The molecule has 3 rings (SSSR count). The number of carbonyl (C=O) groups is 2. The predicted octanol–water partition coefficient (Wildman–Crippen LogP) is 2.91. The van der Waals surface area contributed by atoms with Crippen molar-refractivity contribution in [3.63, 3.8) is 0 Å². The number of amides is 1. The van der Waals surface area contributed by atoms with Gasteiger partial charge in [-0.05, 0) is 25.0 Å². The average Bonchev–Trinajstić information content (AvgIpc) is 3.36. The van der Waals surface area contributed by atoms with Crippen LogP contribution in [0.25, 0.3) is 10.6 Å². The molecule has 1 N–H and O–H groups in total. The van der Waals surface area contributed by atoms with Crippen molar-refractivity contribution in [3.05, 3.63) is 35.3 Å². The third kappa shape index (κ3) is 4.84. The molecule has 8 heteroatoms. The molecule has 0 unspecified atom stereocenters. The Morgan fingerprint density at radius 1 is 1.41 bits per heavy atom. The molecule has 1 saturated heterocycles. The van der Waals surface area contributed by atoms with Gasteiger partial charge < -0.3 is 19.5 Å². The molecular formula is C19H22N2O5S. The first kappa shape index (κ1) is 19.3. The smallest absolute Gasteiger partial charge is 0.305 e. The standard InChI is InChI=1S/C19H22N2O5S/c1-25-16-7-3-2-6-14(16)18-20-15(12-27-18)19(24)21(9-8-17(22)23)11-13-5-4-10-26-13/h2-3,6-7,12-13H,4-5,8-11H2,1H3,(H,22,23)/t13-/m0/s1. The first-order valence-electron chi connectivity index (χ1n) is 8.80. The Hall–Kier alpha value is -2.45. The number of carboxylic acids is 1. The number of benzene rings is 1. The Kier molecular flexibility index (Phi) is 6.41. The van der Waals surface area contributed by atoms with E-state index in [9.17, 15) is 9.59 Å². The minimum absolute atomic E-state index is 0.0462. The fourth-order valence-corrected chi connectivity index (χ4v) is 3.84. The second kappa shape index (κ2) is 8.96. The Balaban J connectivity index is 1.78. The van der Waals surface area contributed by atoms with Gasteiger partial charge in [-0.1, -0.05) is 12.1 Å². The number of hydrogen-bond donors (Lipinski definition) is 1. The number of carbonyl (C=O) groups excluding carboxylic acids is 1. The number of aliphatic carboxylic acids is 1. The number of para-hydroxylation sites is 1. The first-order valence-corrected chi connectivity index (χ1v) is 9.68. The van der Waals surface area contributed by atoms with Crippen molar-refractivity contribution in [1.29, 1.82) is 0 Å². The maximum absolute atomic E-state index is 12.9. The molecule has 144 valence electrons. The van der Waals surface area contributed by atoms with E-state index in [1.54, 1.807) is 12.5 Å². The van der Waals surface area contributed by atoms with Crippen LogP contribution in [-0.4, -0.2) is 59.8 Å². The van der Waals surface area contributed by atoms with Crippen LogP contribution in [-0.2, 0) is 9.53 Å². The molecule has 0 radical (unpaired) electrons. The molecule has 7 nitrogen and oxygen atoms in total. The lowest BCUT2D eigenvalue weighted by Crippen LogP contribution is -2.39. The zero-order valence-electron chi connectivity index (χ0n) is 15.1. The molecule has 0 bridgehead atoms.